The van der Waals surface area contributed by atoms with Crippen LogP contribution in [0.4, 0.5) is 0 Å². The van der Waals surface area contributed by atoms with Crippen LogP contribution < -0.4 is 0 Å². The average molecular weight is 254 g/mol. The van der Waals surface area contributed by atoms with E-state index in [4.69, 9.17) is 11.2 Å². The lowest BCUT2D eigenvalue weighted by Crippen LogP contribution is -2.17. The highest BCUT2D eigenvalue weighted by atomic mass is 16.5. The lowest BCUT2D eigenvalue weighted by atomic mass is 9.79. The molecule has 0 radical (unpaired) electrons. The van der Waals surface area contributed by atoms with Crippen molar-refractivity contribution in [3.05, 3.63) is 47.7 Å². The molecule has 0 N–H and O–H groups in total. The van der Waals surface area contributed by atoms with Crippen LogP contribution >= 0.6 is 0 Å². The van der Waals surface area contributed by atoms with Crippen molar-refractivity contribution in [3.8, 4) is 12.3 Å². The highest BCUT2D eigenvalue weighted by Crippen LogP contribution is 2.35. The zero-order valence-corrected chi connectivity index (χ0v) is 11.6. The van der Waals surface area contributed by atoms with Gasteiger partial charge in [0.25, 0.3) is 0 Å². The summed E-state index contributed by atoms with van der Waals surface area (Å²) in [7, 11) is 0. The summed E-state index contributed by atoms with van der Waals surface area (Å²) >= 11 is 0. The van der Waals surface area contributed by atoms with Crippen molar-refractivity contribution in [3.63, 3.8) is 0 Å². The van der Waals surface area contributed by atoms with E-state index < -0.39 is 0 Å². The fraction of sp³-hybridized carbons (Fsp3) is 0.444. The molecule has 0 unspecified atom stereocenters. The zero-order chi connectivity index (χ0) is 13.5. The molecule has 1 aromatic rings. The summed E-state index contributed by atoms with van der Waals surface area (Å²) in [5, 5.41) is 0. The van der Waals surface area contributed by atoms with Gasteiger partial charge in [0, 0.05) is 5.56 Å². The van der Waals surface area contributed by atoms with E-state index in [0.29, 0.717) is 5.92 Å². The Bertz CT molecular complexity index is 442. The molecule has 1 saturated carbocycles. The molecule has 1 heteroatoms. The number of allylic oxidation sites excluding steroid dienone is 1. The van der Waals surface area contributed by atoms with Gasteiger partial charge in [-0.1, -0.05) is 24.1 Å². The maximum atomic E-state index is 5.49. The van der Waals surface area contributed by atoms with Gasteiger partial charge >= 0.3 is 0 Å². The van der Waals surface area contributed by atoms with E-state index in [1.807, 2.05) is 13.0 Å². The SMILES string of the molecule is C#Cc1ccc(C2CCC(COC=CC)CC2)cc1. The van der Waals surface area contributed by atoms with Gasteiger partial charge in [-0.2, -0.15) is 0 Å². The molecule has 1 aliphatic rings. The summed E-state index contributed by atoms with van der Waals surface area (Å²) in [4.78, 5) is 0. The van der Waals surface area contributed by atoms with E-state index >= 15 is 0 Å². The Morgan fingerprint density at radius 2 is 1.89 bits per heavy atom. The first-order valence-corrected chi connectivity index (χ1v) is 7.13. The molecule has 19 heavy (non-hydrogen) atoms. The van der Waals surface area contributed by atoms with Crippen LogP contribution in [-0.4, -0.2) is 6.61 Å². The van der Waals surface area contributed by atoms with Gasteiger partial charge < -0.3 is 4.74 Å². The highest BCUT2D eigenvalue weighted by molar-refractivity contribution is 5.35. The molecule has 1 aliphatic carbocycles. The minimum absolute atomic E-state index is 0.699. The highest BCUT2D eigenvalue weighted by Gasteiger charge is 2.22. The molecule has 0 bridgehead atoms. The van der Waals surface area contributed by atoms with E-state index in [9.17, 15) is 0 Å². The smallest absolute Gasteiger partial charge is 0.0901 e. The van der Waals surface area contributed by atoms with Gasteiger partial charge in [-0.3, -0.25) is 0 Å². The van der Waals surface area contributed by atoms with Gasteiger partial charge in [0.1, 0.15) is 0 Å². The van der Waals surface area contributed by atoms with Gasteiger partial charge in [-0.25, -0.2) is 0 Å². The lowest BCUT2D eigenvalue weighted by molar-refractivity contribution is 0.159. The zero-order valence-electron chi connectivity index (χ0n) is 11.6. The standard InChI is InChI=1S/C18H22O/c1-3-13-19-14-16-7-11-18(12-8-16)17-9-5-15(4-2)6-10-17/h2-3,5-6,9-10,13,16,18H,7-8,11-12,14H2,1H3. The Morgan fingerprint density at radius 1 is 1.21 bits per heavy atom. The Hall–Kier alpha value is -1.68. The molecule has 0 heterocycles. The van der Waals surface area contributed by atoms with Crippen molar-refractivity contribution < 1.29 is 4.74 Å². The minimum atomic E-state index is 0.699. The van der Waals surface area contributed by atoms with E-state index in [-0.39, 0.29) is 0 Å². The largest absolute Gasteiger partial charge is 0.501 e. The van der Waals surface area contributed by atoms with Crippen LogP contribution in [0.5, 0.6) is 0 Å². The van der Waals surface area contributed by atoms with E-state index in [1.54, 1.807) is 6.26 Å². The fourth-order valence-corrected chi connectivity index (χ4v) is 2.80. The Morgan fingerprint density at radius 3 is 2.47 bits per heavy atom. The lowest BCUT2D eigenvalue weighted by Gasteiger charge is -2.28. The number of hydrogen-bond donors (Lipinski definition) is 0. The normalized spacial score (nSPS) is 23.2. The number of benzene rings is 1. The van der Waals surface area contributed by atoms with Crippen LogP contribution in [-0.2, 0) is 4.74 Å². The second-order valence-corrected chi connectivity index (χ2v) is 5.29. The van der Waals surface area contributed by atoms with Crippen LogP contribution in [0.1, 0.15) is 49.7 Å². The average Bonchev–Trinajstić information content (AvgIpc) is 2.48. The summed E-state index contributed by atoms with van der Waals surface area (Å²) < 4.78 is 5.49. The number of rotatable bonds is 4. The van der Waals surface area contributed by atoms with Gasteiger partial charge in [0.05, 0.1) is 12.9 Å². The summed E-state index contributed by atoms with van der Waals surface area (Å²) in [5.41, 5.74) is 2.41. The first kappa shape index (κ1) is 13.7. The van der Waals surface area contributed by atoms with Crippen LogP contribution in [0.25, 0.3) is 0 Å². The van der Waals surface area contributed by atoms with Crippen LogP contribution in [0, 0.1) is 18.3 Å². The minimum Gasteiger partial charge on any atom is -0.501 e. The third kappa shape index (κ3) is 3.89. The van der Waals surface area contributed by atoms with Crippen molar-refractivity contribution in [2.75, 3.05) is 6.61 Å². The number of terminal acetylenes is 1. The molecule has 2 rings (SSSR count). The van der Waals surface area contributed by atoms with Crippen molar-refractivity contribution in [1.82, 2.24) is 0 Å². The van der Waals surface area contributed by atoms with E-state index in [0.717, 1.165) is 18.1 Å². The number of hydrogen-bond acceptors (Lipinski definition) is 1. The molecule has 1 aromatic carbocycles. The maximum absolute atomic E-state index is 5.49. The molecule has 1 fully saturated rings. The molecular formula is C18H22O. The molecule has 1 nitrogen and oxygen atoms in total. The Balaban J connectivity index is 1.83. The van der Waals surface area contributed by atoms with Crippen LogP contribution in [0.3, 0.4) is 0 Å². The predicted molar refractivity (Wildman–Crippen MR) is 79.8 cm³/mol. The monoisotopic (exact) mass is 254 g/mol. The first-order chi connectivity index (χ1) is 9.33. The second kappa shape index (κ2) is 7.04. The van der Waals surface area contributed by atoms with Crippen LogP contribution in [0.15, 0.2) is 36.6 Å². The molecule has 0 saturated heterocycles. The molecule has 0 aromatic heterocycles. The second-order valence-electron chi connectivity index (χ2n) is 5.29. The first-order valence-electron chi connectivity index (χ1n) is 7.13. The number of ether oxygens (including phenoxy) is 1. The van der Waals surface area contributed by atoms with Gasteiger partial charge in [0.2, 0.25) is 0 Å². The molecule has 0 aliphatic heterocycles. The quantitative estimate of drug-likeness (QED) is 0.568. The molecule has 0 spiro atoms. The summed E-state index contributed by atoms with van der Waals surface area (Å²) in [5.74, 6) is 4.09. The third-order valence-corrected chi connectivity index (χ3v) is 3.96. The van der Waals surface area contributed by atoms with Crippen molar-refractivity contribution in [1.29, 1.82) is 0 Å². The molecule has 100 valence electrons. The van der Waals surface area contributed by atoms with Crippen LogP contribution in [0.2, 0.25) is 0 Å². The summed E-state index contributed by atoms with van der Waals surface area (Å²) in [6.45, 7) is 2.85. The van der Waals surface area contributed by atoms with Crippen molar-refractivity contribution >= 4 is 0 Å². The van der Waals surface area contributed by atoms with E-state index in [2.05, 4.69) is 30.2 Å². The van der Waals surface area contributed by atoms with Gasteiger partial charge in [-0.15, -0.1) is 6.42 Å². The topological polar surface area (TPSA) is 9.23 Å². The third-order valence-electron chi connectivity index (χ3n) is 3.96. The Kier molecular flexibility index (Phi) is 5.10. The van der Waals surface area contributed by atoms with Crippen molar-refractivity contribution in [2.24, 2.45) is 5.92 Å². The van der Waals surface area contributed by atoms with E-state index in [1.165, 1.54) is 31.2 Å². The summed E-state index contributed by atoms with van der Waals surface area (Å²) in [6, 6.07) is 8.49. The molecule has 0 amide bonds. The van der Waals surface area contributed by atoms with Gasteiger partial charge in [-0.05, 0) is 62.1 Å². The van der Waals surface area contributed by atoms with Crippen molar-refractivity contribution in [2.45, 2.75) is 38.5 Å². The predicted octanol–water partition coefficient (Wildman–Crippen LogP) is 4.49. The Labute approximate surface area is 116 Å². The fourth-order valence-electron chi connectivity index (χ4n) is 2.80. The summed E-state index contributed by atoms with van der Waals surface area (Å²) in [6.07, 6.45) is 14.2. The maximum Gasteiger partial charge on any atom is 0.0901 e. The van der Waals surface area contributed by atoms with Gasteiger partial charge in [0.15, 0.2) is 0 Å². The molecule has 0 atom stereocenters. The molecular weight excluding hydrogens is 232 g/mol.